The zero-order chi connectivity index (χ0) is 18.4. The first-order valence-electron chi connectivity index (χ1n) is 9.83. The van der Waals surface area contributed by atoms with Gasteiger partial charge in [0.05, 0.1) is 7.11 Å². The van der Waals surface area contributed by atoms with E-state index in [2.05, 4.69) is 15.3 Å². The molecule has 2 aromatic rings. The van der Waals surface area contributed by atoms with E-state index in [9.17, 15) is 0 Å². The van der Waals surface area contributed by atoms with Crippen LogP contribution in [0.4, 0.5) is 11.5 Å². The molecule has 0 amide bonds. The number of anilines is 2. The Balaban J connectivity index is 1.37. The summed E-state index contributed by atoms with van der Waals surface area (Å²) in [7, 11) is 1.64. The van der Waals surface area contributed by atoms with Gasteiger partial charge in [-0.3, -0.25) is 0 Å². The fourth-order valence-electron chi connectivity index (χ4n) is 5.83. The van der Waals surface area contributed by atoms with Gasteiger partial charge in [0.2, 0.25) is 5.88 Å². The molecule has 142 valence electrons. The van der Waals surface area contributed by atoms with Crippen LogP contribution in [0.25, 0.3) is 0 Å². The molecular formula is C21H26N4O2. The molecule has 4 fully saturated rings. The smallest absolute Gasteiger partial charge is 0.248 e. The topological polar surface area (TPSA) is 82.3 Å². The van der Waals surface area contributed by atoms with E-state index in [1.54, 1.807) is 7.11 Å². The molecule has 3 N–H and O–H groups in total. The molecule has 1 aromatic carbocycles. The minimum absolute atomic E-state index is 0.147. The highest BCUT2D eigenvalue weighted by Crippen LogP contribution is 2.56. The third-order valence-electron chi connectivity index (χ3n) is 6.54. The Morgan fingerprint density at radius 3 is 2.15 bits per heavy atom. The van der Waals surface area contributed by atoms with Gasteiger partial charge in [0.25, 0.3) is 0 Å². The minimum atomic E-state index is 0.147. The maximum atomic E-state index is 6.38. The number of ether oxygens (including phenoxy) is 2. The average Bonchev–Trinajstić information content (AvgIpc) is 2.64. The molecule has 4 aliphatic carbocycles. The monoisotopic (exact) mass is 366 g/mol. The van der Waals surface area contributed by atoms with Crippen LogP contribution in [0, 0.1) is 17.8 Å². The van der Waals surface area contributed by atoms with Gasteiger partial charge in [-0.05, 0) is 80.5 Å². The summed E-state index contributed by atoms with van der Waals surface area (Å²) in [6.07, 6.45) is 9.45. The van der Waals surface area contributed by atoms with E-state index >= 15 is 0 Å². The lowest BCUT2D eigenvalue weighted by atomic mass is 9.53. The lowest BCUT2D eigenvalue weighted by Crippen LogP contribution is -2.55. The van der Waals surface area contributed by atoms with E-state index in [1.165, 1.54) is 44.9 Å². The summed E-state index contributed by atoms with van der Waals surface area (Å²) in [6, 6.07) is 7.38. The first-order chi connectivity index (χ1) is 13.1. The maximum Gasteiger partial charge on any atom is 0.248 e. The van der Waals surface area contributed by atoms with Crippen LogP contribution in [0.1, 0.15) is 38.5 Å². The molecule has 0 radical (unpaired) electrons. The SMILES string of the molecule is COc1ccc(Oc2ncnc(NC34CC5CC(CC(C5)C3)C4)c2N)cc1. The molecule has 4 aliphatic rings. The third-order valence-corrected chi connectivity index (χ3v) is 6.54. The van der Waals surface area contributed by atoms with E-state index in [-0.39, 0.29) is 5.54 Å². The largest absolute Gasteiger partial charge is 0.497 e. The number of methoxy groups -OCH3 is 1. The predicted octanol–water partition coefficient (Wildman–Crippen LogP) is 4.24. The molecule has 0 atom stereocenters. The van der Waals surface area contributed by atoms with Crippen LogP contribution in [0.15, 0.2) is 30.6 Å². The van der Waals surface area contributed by atoms with Crippen LogP contribution in [0.3, 0.4) is 0 Å². The predicted molar refractivity (Wildman–Crippen MR) is 104 cm³/mol. The summed E-state index contributed by atoms with van der Waals surface area (Å²) in [5.41, 5.74) is 7.00. The van der Waals surface area contributed by atoms with Crippen molar-refractivity contribution in [1.29, 1.82) is 0 Å². The Kier molecular flexibility index (Phi) is 3.88. The fraction of sp³-hybridized carbons (Fsp3) is 0.524. The van der Waals surface area contributed by atoms with Crippen molar-refractivity contribution in [2.75, 3.05) is 18.2 Å². The summed E-state index contributed by atoms with van der Waals surface area (Å²) >= 11 is 0. The second-order valence-corrected chi connectivity index (χ2v) is 8.54. The second kappa shape index (κ2) is 6.29. The standard InChI is InChI=1S/C21H26N4O2/c1-26-16-2-4-17(5-3-16)27-20-18(22)19(23-12-24-20)25-21-9-13-6-14(10-21)8-15(7-13)11-21/h2-5,12-15H,6-11,22H2,1H3,(H,23,24,25). The molecule has 1 heterocycles. The van der Waals surface area contributed by atoms with Crippen molar-refractivity contribution in [3.63, 3.8) is 0 Å². The Morgan fingerprint density at radius 2 is 1.56 bits per heavy atom. The Hall–Kier alpha value is -2.50. The molecule has 6 rings (SSSR count). The molecule has 0 aliphatic heterocycles. The van der Waals surface area contributed by atoms with Gasteiger partial charge < -0.3 is 20.5 Å². The van der Waals surface area contributed by atoms with Crippen LogP contribution in [-0.4, -0.2) is 22.6 Å². The van der Waals surface area contributed by atoms with Crippen molar-refractivity contribution in [2.45, 2.75) is 44.1 Å². The van der Waals surface area contributed by atoms with Crippen LogP contribution in [0.2, 0.25) is 0 Å². The Morgan fingerprint density at radius 1 is 0.963 bits per heavy atom. The van der Waals surface area contributed by atoms with Gasteiger partial charge in [-0.2, -0.15) is 4.98 Å². The third kappa shape index (κ3) is 3.07. The summed E-state index contributed by atoms with van der Waals surface area (Å²) in [6.45, 7) is 0. The highest BCUT2D eigenvalue weighted by Gasteiger charge is 2.51. The average molecular weight is 366 g/mol. The molecule has 1 aromatic heterocycles. The van der Waals surface area contributed by atoms with Gasteiger partial charge in [-0.15, -0.1) is 0 Å². The lowest BCUT2D eigenvalue weighted by Gasteiger charge is -2.57. The van der Waals surface area contributed by atoms with Gasteiger partial charge >= 0.3 is 0 Å². The Bertz CT molecular complexity index is 801. The number of rotatable bonds is 5. The molecule has 6 heteroatoms. The van der Waals surface area contributed by atoms with Crippen molar-refractivity contribution >= 4 is 11.5 Å². The van der Waals surface area contributed by atoms with Crippen molar-refractivity contribution < 1.29 is 9.47 Å². The van der Waals surface area contributed by atoms with E-state index in [1.807, 2.05) is 24.3 Å². The fourth-order valence-corrected chi connectivity index (χ4v) is 5.83. The van der Waals surface area contributed by atoms with Crippen molar-refractivity contribution in [1.82, 2.24) is 9.97 Å². The normalized spacial score (nSPS) is 30.9. The lowest BCUT2D eigenvalue weighted by molar-refractivity contribution is 0.0106. The molecule has 27 heavy (non-hydrogen) atoms. The first kappa shape index (κ1) is 16.7. The molecule has 4 bridgehead atoms. The molecule has 0 saturated heterocycles. The molecule has 0 unspecified atom stereocenters. The zero-order valence-electron chi connectivity index (χ0n) is 15.6. The molecule has 0 spiro atoms. The maximum absolute atomic E-state index is 6.38. The molecule has 6 nitrogen and oxygen atoms in total. The highest BCUT2D eigenvalue weighted by molar-refractivity contribution is 5.68. The first-order valence-corrected chi connectivity index (χ1v) is 9.83. The van der Waals surface area contributed by atoms with Crippen LogP contribution < -0.4 is 20.5 Å². The number of benzene rings is 1. The van der Waals surface area contributed by atoms with Gasteiger partial charge in [-0.25, -0.2) is 4.98 Å². The van der Waals surface area contributed by atoms with Gasteiger partial charge in [0.1, 0.15) is 23.5 Å². The van der Waals surface area contributed by atoms with E-state index in [4.69, 9.17) is 15.2 Å². The number of nitrogens with zero attached hydrogens (tertiary/aromatic N) is 2. The van der Waals surface area contributed by atoms with Gasteiger partial charge in [0, 0.05) is 5.54 Å². The van der Waals surface area contributed by atoms with Gasteiger partial charge in [0.15, 0.2) is 5.82 Å². The molecular weight excluding hydrogens is 340 g/mol. The van der Waals surface area contributed by atoms with E-state index in [0.29, 0.717) is 23.1 Å². The number of nitrogens with two attached hydrogens (primary N) is 1. The summed E-state index contributed by atoms with van der Waals surface area (Å²) in [5, 5.41) is 3.72. The second-order valence-electron chi connectivity index (χ2n) is 8.54. The number of hydrogen-bond acceptors (Lipinski definition) is 6. The van der Waals surface area contributed by atoms with Crippen LogP contribution >= 0.6 is 0 Å². The van der Waals surface area contributed by atoms with Crippen molar-refractivity contribution in [2.24, 2.45) is 17.8 Å². The quantitative estimate of drug-likeness (QED) is 0.823. The van der Waals surface area contributed by atoms with Crippen molar-refractivity contribution in [3.8, 4) is 17.4 Å². The van der Waals surface area contributed by atoms with Crippen LogP contribution in [-0.2, 0) is 0 Å². The highest BCUT2D eigenvalue weighted by atomic mass is 16.5. The summed E-state index contributed by atoms with van der Waals surface area (Å²) in [4.78, 5) is 8.68. The molecule has 4 saturated carbocycles. The van der Waals surface area contributed by atoms with Crippen molar-refractivity contribution in [3.05, 3.63) is 30.6 Å². The summed E-state index contributed by atoms with van der Waals surface area (Å²) in [5.74, 6) is 5.13. The number of hydrogen-bond donors (Lipinski definition) is 2. The van der Waals surface area contributed by atoms with E-state index < -0.39 is 0 Å². The summed E-state index contributed by atoms with van der Waals surface area (Å²) < 4.78 is 11.1. The van der Waals surface area contributed by atoms with E-state index in [0.717, 1.165) is 23.5 Å². The minimum Gasteiger partial charge on any atom is -0.497 e. The number of nitrogen functional groups attached to an aromatic ring is 1. The number of nitrogens with one attached hydrogen (secondary N) is 1. The number of aromatic nitrogens is 2. The van der Waals surface area contributed by atoms with Gasteiger partial charge in [-0.1, -0.05) is 0 Å². The van der Waals surface area contributed by atoms with Crippen LogP contribution in [0.5, 0.6) is 17.4 Å². The zero-order valence-corrected chi connectivity index (χ0v) is 15.6. The Labute approximate surface area is 159 Å².